The predicted octanol–water partition coefficient (Wildman–Crippen LogP) is 5.82. The third-order valence-corrected chi connectivity index (χ3v) is 5.50. The molecule has 0 spiro atoms. The molecule has 132 valence electrons. The van der Waals surface area contributed by atoms with E-state index in [0.29, 0.717) is 5.92 Å². The summed E-state index contributed by atoms with van der Waals surface area (Å²) in [4.78, 5) is 6.89. The SMILES string of the molecule is COc1ccc(N=Cc2cc3c(cc2Cl)N(C)C(C)(C)C[C@H]3C)cc1. The van der Waals surface area contributed by atoms with E-state index in [1.165, 1.54) is 11.3 Å². The minimum atomic E-state index is 0.133. The smallest absolute Gasteiger partial charge is 0.119 e. The fraction of sp³-hybridized carbons (Fsp3) is 0.381. The van der Waals surface area contributed by atoms with Crippen LogP contribution in [0.15, 0.2) is 41.4 Å². The van der Waals surface area contributed by atoms with Gasteiger partial charge in [0.05, 0.1) is 17.8 Å². The van der Waals surface area contributed by atoms with Crippen molar-refractivity contribution in [3.63, 3.8) is 0 Å². The number of fused-ring (bicyclic) bond motifs is 1. The van der Waals surface area contributed by atoms with Gasteiger partial charge in [0.1, 0.15) is 5.75 Å². The molecule has 0 amide bonds. The van der Waals surface area contributed by atoms with Gasteiger partial charge < -0.3 is 9.64 Å². The topological polar surface area (TPSA) is 24.8 Å². The van der Waals surface area contributed by atoms with Gasteiger partial charge in [-0.1, -0.05) is 18.5 Å². The van der Waals surface area contributed by atoms with Crippen LogP contribution in [-0.2, 0) is 0 Å². The second-order valence-corrected chi connectivity index (χ2v) is 7.77. The Bertz CT molecular complexity index is 796. The van der Waals surface area contributed by atoms with Crippen LogP contribution in [-0.4, -0.2) is 25.9 Å². The van der Waals surface area contributed by atoms with Gasteiger partial charge >= 0.3 is 0 Å². The zero-order valence-electron chi connectivity index (χ0n) is 15.5. The summed E-state index contributed by atoms with van der Waals surface area (Å²) in [5.74, 6) is 1.32. The second-order valence-electron chi connectivity index (χ2n) is 7.37. The van der Waals surface area contributed by atoms with Crippen LogP contribution in [0.2, 0.25) is 5.02 Å². The average molecular weight is 357 g/mol. The lowest BCUT2D eigenvalue weighted by Crippen LogP contribution is -2.45. The Labute approximate surface area is 155 Å². The Hall–Kier alpha value is -2.00. The van der Waals surface area contributed by atoms with Crippen LogP contribution in [0.5, 0.6) is 5.75 Å². The number of methoxy groups -OCH3 is 1. The lowest BCUT2D eigenvalue weighted by molar-refractivity contribution is 0.395. The highest BCUT2D eigenvalue weighted by Crippen LogP contribution is 2.44. The maximum Gasteiger partial charge on any atom is 0.119 e. The molecule has 4 heteroatoms. The summed E-state index contributed by atoms with van der Waals surface area (Å²) in [7, 11) is 3.80. The van der Waals surface area contributed by atoms with Crippen molar-refractivity contribution >= 4 is 29.2 Å². The first kappa shape index (κ1) is 17.8. The molecule has 1 atom stereocenters. The third kappa shape index (κ3) is 3.52. The molecular weight excluding hydrogens is 332 g/mol. The Morgan fingerprint density at radius 1 is 1.24 bits per heavy atom. The molecule has 2 aromatic rings. The Balaban J connectivity index is 1.93. The first-order valence-corrected chi connectivity index (χ1v) is 8.95. The number of nitrogens with zero attached hydrogens (tertiary/aromatic N) is 2. The van der Waals surface area contributed by atoms with E-state index >= 15 is 0 Å². The van der Waals surface area contributed by atoms with Gasteiger partial charge in [-0.15, -0.1) is 0 Å². The first-order chi connectivity index (χ1) is 11.8. The first-order valence-electron chi connectivity index (χ1n) is 8.57. The van der Waals surface area contributed by atoms with Crippen molar-refractivity contribution < 1.29 is 4.74 Å². The van der Waals surface area contributed by atoms with E-state index in [0.717, 1.165) is 28.4 Å². The van der Waals surface area contributed by atoms with Crippen LogP contribution < -0.4 is 9.64 Å². The minimum Gasteiger partial charge on any atom is -0.497 e. The van der Waals surface area contributed by atoms with Crippen molar-refractivity contribution in [3.8, 4) is 5.75 Å². The maximum atomic E-state index is 6.54. The van der Waals surface area contributed by atoms with E-state index < -0.39 is 0 Å². The summed E-state index contributed by atoms with van der Waals surface area (Å²) in [6.45, 7) is 6.84. The molecule has 0 saturated carbocycles. The number of rotatable bonds is 3. The summed E-state index contributed by atoms with van der Waals surface area (Å²) in [6, 6.07) is 11.9. The maximum absolute atomic E-state index is 6.54. The zero-order valence-corrected chi connectivity index (χ0v) is 16.3. The van der Waals surface area contributed by atoms with Gasteiger partial charge in [0.15, 0.2) is 0 Å². The van der Waals surface area contributed by atoms with E-state index in [2.05, 4.69) is 49.8 Å². The van der Waals surface area contributed by atoms with Gasteiger partial charge in [-0.3, -0.25) is 4.99 Å². The van der Waals surface area contributed by atoms with Crippen molar-refractivity contribution in [3.05, 3.63) is 52.5 Å². The molecule has 1 heterocycles. The normalized spacial score (nSPS) is 19.1. The highest BCUT2D eigenvalue weighted by molar-refractivity contribution is 6.33. The van der Waals surface area contributed by atoms with Gasteiger partial charge in [0.25, 0.3) is 0 Å². The van der Waals surface area contributed by atoms with Gasteiger partial charge in [-0.25, -0.2) is 0 Å². The van der Waals surface area contributed by atoms with Gasteiger partial charge in [-0.2, -0.15) is 0 Å². The van der Waals surface area contributed by atoms with Crippen molar-refractivity contribution in [1.82, 2.24) is 0 Å². The fourth-order valence-electron chi connectivity index (χ4n) is 3.52. The highest BCUT2D eigenvalue weighted by atomic mass is 35.5. The molecular formula is C21H25ClN2O. The molecule has 0 fully saturated rings. The fourth-order valence-corrected chi connectivity index (χ4v) is 3.72. The van der Waals surface area contributed by atoms with E-state index in [1.54, 1.807) is 7.11 Å². The second kappa shape index (κ2) is 6.72. The molecule has 0 aromatic heterocycles. The van der Waals surface area contributed by atoms with E-state index in [-0.39, 0.29) is 5.54 Å². The molecule has 25 heavy (non-hydrogen) atoms. The molecule has 1 aliphatic heterocycles. The highest BCUT2D eigenvalue weighted by Gasteiger charge is 2.34. The monoisotopic (exact) mass is 356 g/mol. The quantitative estimate of drug-likeness (QED) is 0.647. The lowest BCUT2D eigenvalue weighted by atomic mass is 9.80. The van der Waals surface area contributed by atoms with E-state index in [1.807, 2.05) is 30.5 Å². The molecule has 0 N–H and O–H groups in total. The molecule has 2 aromatic carbocycles. The van der Waals surface area contributed by atoms with Crippen LogP contribution in [0, 0.1) is 0 Å². The van der Waals surface area contributed by atoms with Gasteiger partial charge in [-0.05, 0) is 68.1 Å². The van der Waals surface area contributed by atoms with Crippen LogP contribution in [0.1, 0.15) is 44.2 Å². The molecule has 0 bridgehead atoms. The van der Waals surface area contributed by atoms with Crippen LogP contribution in [0.3, 0.4) is 0 Å². The number of hydrogen-bond acceptors (Lipinski definition) is 3. The number of anilines is 1. The van der Waals surface area contributed by atoms with E-state index in [4.69, 9.17) is 16.3 Å². The van der Waals surface area contributed by atoms with Gasteiger partial charge in [0.2, 0.25) is 0 Å². The average Bonchev–Trinajstić information content (AvgIpc) is 2.58. The van der Waals surface area contributed by atoms with Crippen molar-refractivity contribution in [2.75, 3.05) is 19.1 Å². The Morgan fingerprint density at radius 3 is 2.56 bits per heavy atom. The summed E-state index contributed by atoms with van der Waals surface area (Å²) in [6.07, 6.45) is 2.96. The molecule has 0 unspecified atom stereocenters. The molecule has 1 aliphatic rings. The van der Waals surface area contributed by atoms with Crippen molar-refractivity contribution in [1.29, 1.82) is 0 Å². The third-order valence-electron chi connectivity index (χ3n) is 5.18. The van der Waals surface area contributed by atoms with Gasteiger partial charge in [0, 0.05) is 30.1 Å². The van der Waals surface area contributed by atoms with E-state index in [9.17, 15) is 0 Å². The Morgan fingerprint density at radius 2 is 1.92 bits per heavy atom. The van der Waals surface area contributed by atoms with Crippen LogP contribution in [0.25, 0.3) is 0 Å². The predicted molar refractivity (Wildman–Crippen MR) is 107 cm³/mol. The van der Waals surface area contributed by atoms with Crippen LogP contribution in [0.4, 0.5) is 11.4 Å². The zero-order chi connectivity index (χ0) is 18.2. The molecule has 3 rings (SSSR count). The molecule has 3 nitrogen and oxygen atoms in total. The number of benzene rings is 2. The van der Waals surface area contributed by atoms with Crippen molar-refractivity contribution in [2.24, 2.45) is 4.99 Å². The Kier molecular flexibility index (Phi) is 4.79. The van der Waals surface area contributed by atoms with Crippen LogP contribution >= 0.6 is 11.6 Å². The van der Waals surface area contributed by atoms with Crippen molar-refractivity contribution in [2.45, 2.75) is 38.6 Å². The summed E-state index contributed by atoms with van der Waals surface area (Å²) in [5, 5.41) is 0.729. The lowest BCUT2D eigenvalue weighted by Gasteiger charge is -2.45. The standard InChI is InChI=1S/C21H25ClN2O/c1-14-12-21(2,3)24(4)20-11-19(22)15(10-18(14)20)13-23-16-6-8-17(25-5)9-7-16/h6-11,13-14H,12H2,1-5H3/t14-/m1/s1. The minimum absolute atomic E-state index is 0.133. The molecule has 0 saturated heterocycles. The molecule has 0 radical (unpaired) electrons. The summed E-state index contributed by atoms with van der Waals surface area (Å²) < 4.78 is 5.17. The largest absolute Gasteiger partial charge is 0.497 e. The number of hydrogen-bond donors (Lipinski definition) is 0. The number of halogens is 1. The molecule has 0 aliphatic carbocycles. The number of ether oxygens (including phenoxy) is 1. The summed E-state index contributed by atoms with van der Waals surface area (Å²) in [5.41, 5.74) is 4.52. The number of aliphatic imine (C=N–C) groups is 1. The summed E-state index contributed by atoms with van der Waals surface area (Å²) >= 11 is 6.54.